The molecule has 3 heteroatoms. The molecular formula is C17H27BrFN. The van der Waals surface area contributed by atoms with Crippen molar-refractivity contribution < 1.29 is 4.39 Å². The van der Waals surface area contributed by atoms with Crippen molar-refractivity contribution in [2.75, 3.05) is 13.1 Å². The molecule has 1 unspecified atom stereocenters. The minimum absolute atomic E-state index is 0.182. The fourth-order valence-corrected chi connectivity index (χ4v) is 2.99. The fourth-order valence-electron chi connectivity index (χ4n) is 2.48. The molecule has 1 nitrogen and oxygen atoms in total. The Kier molecular flexibility index (Phi) is 7.75. The fraction of sp³-hybridized carbons (Fsp3) is 0.647. The van der Waals surface area contributed by atoms with Gasteiger partial charge in [0.1, 0.15) is 5.82 Å². The van der Waals surface area contributed by atoms with E-state index in [0.717, 1.165) is 24.0 Å². The highest BCUT2D eigenvalue weighted by atomic mass is 79.9. The predicted octanol–water partition coefficient (Wildman–Crippen LogP) is 5.04. The van der Waals surface area contributed by atoms with E-state index in [-0.39, 0.29) is 5.82 Å². The lowest BCUT2D eigenvalue weighted by Crippen LogP contribution is -2.28. The lowest BCUT2D eigenvalue weighted by atomic mass is 9.90. The van der Waals surface area contributed by atoms with E-state index in [1.165, 1.54) is 12.0 Å². The molecule has 0 fully saturated rings. The summed E-state index contributed by atoms with van der Waals surface area (Å²) in [4.78, 5) is 0. The SMILES string of the molecule is CC(C)CNCC(Cc1ccc(F)cc1Br)CC(C)C. The zero-order valence-electron chi connectivity index (χ0n) is 13.0. The van der Waals surface area contributed by atoms with Crippen molar-refractivity contribution in [2.45, 2.75) is 40.5 Å². The van der Waals surface area contributed by atoms with E-state index in [9.17, 15) is 4.39 Å². The molecule has 0 saturated carbocycles. The summed E-state index contributed by atoms with van der Waals surface area (Å²) in [5, 5.41) is 3.55. The van der Waals surface area contributed by atoms with E-state index in [0.29, 0.717) is 17.8 Å². The maximum atomic E-state index is 13.1. The van der Waals surface area contributed by atoms with Crippen LogP contribution in [0.3, 0.4) is 0 Å². The van der Waals surface area contributed by atoms with Gasteiger partial charge in [-0.05, 0) is 61.4 Å². The number of halogens is 2. The quantitative estimate of drug-likeness (QED) is 0.697. The Labute approximate surface area is 131 Å². The van der Waals surface area contributed by atoms with Crippen LogP contribution in [0.4, 0.5) is 4.39 Å². The molecular weight excluding hydrogens is 317 g/mol. The summed E-state index contributed by atoms with van der Waals surface area (Å²) in [6.07, 6.45) is 2.18. The highest BCUT2D eigenvalue weighted by molar-refractivity contribution is 9.10. The summed E-state index contributed by atoms with van der Waals surface area (Å²) in [7, 11) is 0. The number of benzene rings is 1. The van der Waals surface area contributed by atoms with Gasteiger partial charge < -0.3 is 5.32 Å². The first-order valence-electron chi connectivity index (χ1n) is 7.53. The third kappa shape index (κ3) is 6.85. The largest absolute Gasteiger partial charge is 0.316 e. The molecule has 0 spiro atoms. The Morgan fingerprint density at radius 2 is 1.80 bits per heavy atom. The van der Waals surface area contributed by atoms with Crippen molar-refractivity contribution in [1.29, 1.82) is 0 Å². The van der Waals surface area contributed by atoms with E-state index < -0.39 is 0 Å². The smallest absolute Gasteiger partial charge is 0.124 e. The second-order valence-electron chi connectivity index (χ2n) is 6.49. The average molecular weight is 344 g/mol. The summed E-state index contributed by atoms with van der Waals surface area (Å²) >= 11 is 3.47. The topological polar surface area (TPSA) is 12.0 Å². The molecule has 0 aliphatic rings. The van der Waals surface area contributed by atoms with E-state index in [4.69, 9.17) is 0 Å². The van der Waals surface area contributed by atoms with E-state index in [2.05, 4.69) is 48.9 Å². The van der Waals surface area contributed by atoms with Gasteiger partial charge in [0.05, 0.1) is 0 Å². The van der Waals surface area contributed by atoms with Crippen molar-refractivity contribution in [3.05, 3.63) is 34.1 Å². The van der Waals surface area contributed by atoms with Gasteiger partial charge in [-0.2, -0.15) is 0 Å². The third-order valence-corrected chi connectivity index (χ3v) is 4.05. The van der Waals surface area contributed by atoms with Crippen LogP contribution in [0.25, 0.3) is 0 Å². The molecule has 0 radical (unpaired) electrons. The van der Waals surface area contributed by atoms with E-state index in [1.807, 2.05) is 6.07 Å². The van der Waals surface area contributed by atoms with Gasteiger partial charge in [0.25, 0.3) is 0 Å². The molecule has 0 aliphatic heterocycles. The molecule has 0 saturated heterocycles. The van der Waals surface area contributed by atoms with Gasteiger partial charge in [0.15, 0.2) is 0 Å². The minimum Gasteiger partial charge on any atom is -0.316 e. The van der Waals surface area contributed by atoms with Crippen LogP contribution in [0.5, 0.6) is 0 Å². The maximum Gasteiger partial charge on any atom is 0.124 e. The molecule has 20 heavy (non-hydrogen) atoms. The molecule has 1 rings (SSSR count). The molecule has 0 heterocycles. The lowest BCUT2D eigenvalue weighted by Gasteiger charge is -2.21. The van der Waals surface area contributed by atoms with Crippen LogP contribution in [0.1, 0.15) is 39.7 Å². The maximum absolute atomic E-state index is 13.1. The highest BCUT2D eigenvalue weighted by Crippen LogP contribution is 2.24. The molecule has 0 aliphatic carbocycles. The van der Waals surface area contributed by atoms with Gasteiger partial charge >= 0.3 is 0 Å². The van der Waals surface area contributed by atoms with Gasteiger partial charge in [-0.3, -0.25) is 0 Å². The molecule has 0 bridgehead atoms. The zero-order chi connectivity index (χ0) is 15.1. The molecule has 114 valence electrons. The van der Waals surface area contributed by atoms with Crippen LogP contribution in [0, 0.1) is 23.6 Å². The molecule has 1 aromatic rings. The van der Waals surface area contributed by atoms with Crippen molar-refractivity contribution in [1.82, 2.24) is 5.32 Å². The summed E-state index contributed by atoms with van der Waals surface area (Å²) in [6, 6.07) is 5.01. The zero-order valence-corrected chi connectivity index (χ0v) is 14.6. The Hall–Kier alpha value is -0.410. The first kappa shape index (κ1) is 17.6. The summed E-state index contributed by atoms with van der Waals surface area (Å²) in [6.45, 7) is 11.0. The number of hydrogen-bond donors (Lipinski definition) is 1. The van der Waals surface area contributed by atoms with Crippen LogP contribution in [-0.2, 0) is 6.42 Å². The third-order valence-electron chi connectivity index (χ3n) is 3.31. The van der Waals surface area contributed by atoms with Crippen LogP contribution >= 0.6 is 15.9 Å². The Morgan fingerprint density at radius 3 is 2.35 bits per heavy atom. The van der Waals surface area contributed by atoms with Gasteiger partial charge in [-0.25, -0.2) is 4.39 Å². The summed E-state index contributed by atoms with van der Waals surface area (Å²) in [5.74, 6) is 1.77. The highest BCUT2D eigenvalue weighted by Gasteiger charge is 2.14. The molecule has 0 aromatic heterocycles. The van der Waals surface area contributed by atoms with Crippen LogP contribution in [0.2, 0.25) is 0 Å². The molecule has 1 atom stereocenters. The Morgan fingerprint density at radius 1 is 1.10 bits per heavy atom. The van der Waals surface area contributed by atoms with Gasteiger partial charge in [-0.1, -0.05) is 49.7 Å². The number of hydrogen-bond acceptors (Lipinski definition) is 1. The first-order valence-corrected chi connectivity index (χ1v) is 8.32. The van der Waals surface area contributed by atoms with Crippen molar-refractivity contribution >= 4 is 15.9 Å². The normalized spacial score (nSPS) is 13.2. The Bertz CT molecular complexity index is 404. The number of nitrogens with one attached hydrogen (secondary N) is 1. The molecule has 1 N–H and O–H groups in total. The van der Waals surface area contributed by atoms with Gasteiger partial charge in [0.2, 0.25) is 0 Å². The van der Waals surface area contributed by atoms with Crippen LogP contribution in [-0.4, -0.2) is 13.1 Å². The Balaban J connectivity index is 2.63. The lowest BCUT2D eigenvalue weighted by molar-refractivity contribution is 0.375. The van der Waals surface area contributed by atoms with Crippen molar-refractivity contribution in [3.63, 3.8) is 0 Å². The van der Waals surface area contributed by atoms with Crippen LogP contribution in [0.15, 0.2) is 22.7 Å². The molecule has 1 aromatic carbocycles. The number of rotatable bonds is 8. The monoisotopic (exact) mass is 343 g/mol. The second-order valence-corrected chi connectivity index (χ2v) is 7.34. The van der Waals surface area contributed by atoms with Gasteiger partial charge in [-0.15, -0.1) is 0 Å². The van der Waals surface area contributed by atoms with E-state index in [1.54, 1.807) is 12.1 Å². The second kappa shape index (κ2) is 8.78. The summed E-state index contributed by atoms with van der Waals surface area (Å²) in [5.41, 5.74) is 1.20. The van der Waals surface area contributed by atoms with Crippen LogP contribution < -0.4 is 5.32 Å². The minimum atomic E-state index is -0.182. The standard InChI is InChI=1S/C17H27BrFN/c1-12(2)7-14(11-20-10-13(3)4)8-15-5-6-16(19)9-17(15)18/h5-6,9,12-14,20H,7-8,10-11H2,1-4H3. The van der Waals surface area contributed by atoms with Gasteiger partial charge in [0, 0.05) is 4.47 Å². The van der Waals surface area contributed by atoms with Crippen molar-refractivity contribution in [2.24, 2.45) is 17.8 Å². The average Bonchev–Trinajstić information content (AvgIpc) is 2.31. The van der Waals surface area contributed by atoms with Crippen molar-refractivity contribution in [3.8, 4) is 0 Å². The van der Waals surface area contributed by atoms with E-state index >= 15 is 0 Å². The first-order chi connectivity index (χ1) is 9.38. The summed E-state index contributed by atoms with van der Waals surface area (Å²) < 4.78 is 14.0. The molecule has 0 amide bonds. The predicted molar refractivity (Wildman–Crippen MR) is 88.5 cm³/mol.